The van der Waals surface area contributed by atoms with Crippen LogP contribution in [0.15, 0.2) is 11.8 Å². The number of hydrogen-bond donors (Lipinski definition) is 0. The molecule has 2 atom stereocenters. The van der Waals surface area contributed by atoms with Gasteiger partial charge < -0.3 is 9.64 Å². The molecule has 1 aliphatic carbocycles. The monoisotopic (exact) mass is 209 g/mol. The molecule has 0 bridgehead atoms. The van der Waals surface area contributed by atoms with E-state index in [9.17, 15) is 4.79 Å². The molecule has 1 saturated heterocycles. The van der Waals surface area contributed by atoms with Crippen molar-refractivity contribution in [3.05, 3.63) is 11.8 Å². The van der Waals surface area contributed by atoms with Crippen LogP contribution in [0, 0.1) is 5.92 Å². The summed E-state index contributed by atoms with van der Waals surface area (Å²) in [6.45, 7) is 3.01. The summed E-state index contributed by atoms with van der Waals surface area (Å²) >= 11 is 0. The Labute approximate surface area is 91.1 Å². The van der Waals surface area contributed by atoms with Gasteiger partial charge in [0.2, 0.25) is 0 Å². The third kappa shape index (κ3) is 2.23. The lowest BCUT2D eigenvalue weighted by Crippen LogP contribution is -2.32. The molecule has 0 aromatic carbocycles. The molecule has 0 amide bonds. The van der Waals surface area contributed by atoms with Crippen LogP contribution in [0.2, 0.25) is 0 Å². The number of carbonyl (C=O) groups is 1. The zero-order valence-corrected chi connectivity index (χ0v) is 9.53. The number of hydrogen-bond acceptors (Lipinski definition) is 3. The molecule has 3 heteroatoms. The van der Waals surface area contributed by atoms with E-state index >= 15 is 0 Å². The number of likely N-dealkylation sites (tertiary alicyclic amines) is 1. The van der Waals surface area contributed by atoms with Crippen LogP contribution in [-0.4, -0.2) is 30.5 Å². The molecule has 0 aromatic rings. The predicted molar refractivity (Wildman–Crippen MR) is 58.2 cm³/mol. The summed E-state index contributed by atoms with van der Waals surface area (Å²) in [6, 6.07) is 0.592. The fourth-order valence-electron chi connectivity index (χ4n) is 2.56. The van der Waals surface area contributed by atoms with Gasteiger partial charge in [-0.2, -0.15) is 0 Å². The lowest BCUT2D eigenvalue weighted by Gasteiger charge is -2.28. The molecule has 2 unspecified atom stereocenters. The van der Waals surface area contributed by atoms with Crippen LogP contribution >= 0.6 is 0 Å². The Balaban J connectivity index is 1.96. The summed E-state index contributed by atoms with van der Waals surface area (Å²) in [5, 5.41) is 0. The zero-order valence-electron chi connectivity index (χ0n) is 9.53. The zero-order chi connectivity index (χ0) is 10.8. The molecule has 15 heavy (non-hydrogen) atoms. The molecule has 84 valence electrons. The van der Waals surface area contributed by atoms with Crippen LogP contribution in [0.5, 0.6) is 0 Å². The molecule has 0 saturated carbocycles. The van der Waals surface area contributed by atoms with Crippen molar-refractivity contribution in [2.75, 3.05) is 13.6 Å². The lowest BCUT2D eigenvalue weighted by atomic mass is 9.89. The van der Waals surface area contributed by atoms with Gasteiger partial charge in [0, 0.05) is 18.9 Å². The Morgan fingerprint density at radius 3 is 3.20 bits per heavy atom. The Hall–Kier alpha value is -0.830. The van der Waals surface area contributed by atoms with E-state index in [1.165, 1.54) is 13.0 Å². The summed E-state index contributed by atoms with van der Waals surface area (Å²) in [6.07, 6.45) is 5.83. The molecule has 1 aliphatic heterocycles. The Kier molecular flexibility index (Phi) is 3.10. The second-order valence-electron chi connectivity index (χ2n) is 4.53. The van der Waals surface area contributed by atoms with E-state index in [1.54, 1.807) is 0 Å². The Bertz CT molecular complexity index is 285. The van der Waals surface area contributed by atoms with Gasteiger partial charge >= 0.3 is 5.97 Å². The van der Waals surface area contributed by atoms with E-state index in [4.69, 9.17) is 4.74 Å². The molecule has 1 heterocycles. The highest BCUT2D eigenvalue weighted by Gasteiger charge is 2.34. The highest BCUT2D eigenvalue weighted by atomic mass is 16.5. The average Bonchev–Trinajstić information content (AvgIpc) is 2.60. The van der Waals surface area contributed by atoms with Crippen molar-refractivity contribution >= 4 is 5.97 Å². The first-order chi connectivity index (χ1) is 7.20. The summed E-state index contributed by atoms with van der Waals surface area (Å²) in [7, 11) is 2.16. The van der Waals surface area contributed by atoms with Gasteiger partial charge in [0.05, 0.1) is 0 Å². The van der Waals surface area contributed by atoms with Crippen molar-refractivity contribution in [1.82, 2.24) is 4.90 Å². The van der Waals surface area contributed by atoms with Crippen molar-refractivity contribution in [2.45, 2.75) is 38.6 Å². The summed E-state index contributed by atoms with van der Waals surface area (Å²) in [4.78, 5) is 13.6. The normalized spacial score (nSPS) is 30.9. The maximum atomic E-state index is 11.2. The van der Waals surface area contributed by atoms with E-state index in [0.29, 0.717) is 12.5 Å². The number of esters is 1. The van der Waals surface area contributed by atoms with Crippen LogP contribution in [-0.2, 0) is 9.53 Å². The van der Waals surface area contributed by atoms with E-state index in [0.717, 1.165) is 24.5 Å². The maximum absolute atomic E-state index is 11.2. The van der Waals surface area contributed by atoms with Gasteiger partial charge in [-0.05, 0) is 38.4 Å². The minimum Gasteiger partial charge on any atom is -0.431 e. The highest BCUT2D eigenvalue weighted by Crippen LogP contribution is 2.35. The Morgan fingerprint density at radius 1 is 1.67 bits per heavy atom. The number of ether oxygens (including phenoxy) is 1. The first-order valence-electron chi connectivity index (χ1n) is 5.80. The molecular formula is C12H19NO2. The molecule has 0 radical (unpaired) electrons. The van der Waals surface area contributed by atoms with Crippen LogP contribution in [0.1, 0.15) is 32.6 Å². The quantitative estimate of drug-likeness (QED) is 0.651. The van der Waals surface area contributed by atoms with Gasteiger partial charge in [0.15, 0.2) is 0 Å². The van der Waals surface area contributed by atoms with E-state index < -0.39 is 0 Å². The number of fused-ring (bicyclic) bond motifs is 1. The van der Waals surface area contributed by atoms with Gasteiger partial charge in [-0.3, -0.25) is 4.79 Å². The van der Waals surface area contributed by atoms with Gasteiger partial charge in [-0.1, -0.05) is 6.92 Å². The SMILES string of the molecule is CCC(=O)OC1=CCC2CCN(C)C2C1. The van der Waals surface area contributed by atoms with Crippen molar-refractivity contribution < 1.29 is 9.53 Å². The first kappa shape index (κ1) is 10.7. The van der Waals surface area contributed by atoms with Crippen molar-refractivity contribution in [1.29, 1.82) is 0 Å². The van der Waals surface area contributed by atoms with E-state index in [1.807, 2.05) is 6.92 Å². The standard InChI is InChI=1S/C12H19NO2/c1-3-12(14)15-10-5-4-9-6-7-13(2)11(9)8-10/h5,9,11H,3-4,6-8H2,1-2H3. The molecule has 2 aliphatic rings. The van der Waals surface area contributed by atoms with Crippen LogP contribution in [0.4, 0.5) is 0 Å². The molecule has 0 N–H and O–H groups in total. The highest BCUT2D eigenvalue weighted by molar-refractivity contribution is 5.70. The van der Waals surface area contributed by atoms with Crippen LogP contribution in [0.3, 0.4) is 0 Å². The van der Waals surface area contributed by atoms with Gasteiger partial charge in [0.25, 0.3) is 0 Å². The second kappa shape index (κ2) is 4.35. The van der Waals surface area contributed by atoms with Crippen LogP contribution < -0.4 is 0 Å². The molecule has 2 rings (SSSR count). The van der Waals surface area contributed by atoms with Gasteiger partial charge in [-0.25, -0.2) is 0 Å². The largest absolute Gasteiger partial charge is 0.431 e. The molecular weight excluding hydrogens is 190 g/mol. The number of nitrogens with zero attached hydrogens (tertiary/aromatic N) is 1. The van der Waals surface area contributed by atoms with Crippen molar-refractivity contribution in [3.8, 4) is 0 Å². The van der Waals surface area contributed by atoms with Crippen LogP contribution in [0.25, 0.3) is 0 Å². The summed E-state index contributed by atoms with van der Waals surface area (Å²) in [5.41, 5.74) is 0. The van der Waals surface area contributed by atoms with E-state index in [-0.39, 0.29) is 5.97 Å². The van der Waals surface area contributed by atoms with Crippen molar-refractivity contribution in [2.24, 2.45) is 5.92 Å². The maximum Gasteiger partial charge on any atom is 0.310 e. The fraction of sp³-hybridized carbons (Fsp3) is 0.750. The Morgan fingerprint density at radius 2 is 2.47 bits per heavy atom. The number of allylic oxidation sites excluding steroid dienone is 1. The molecule has 1 fully saturated rings. The minimum absolute atomic E-state index is 0.111. The molecule has 0 aromatic heterocycles. The predicted octanol–water partition coefficient (Wildman–Crippen LogP) is 1.94. The smallest absolute Gasteiger partial charge is 0.310 e. The molecule has 3 nitrogen and oxygen atoms in total. The lowest BCUT2D eigenvalue weighted by molar-refractivity contribution is -0.139. The average molecular weight is 209 g/mol. The summed E-state index contributed by atoms with van der Waals surface area (Å²) in [5.74, 6) is 1.55. The van der Waals surface area contributed by atoms with Crippen molar-refractivity contribution in [3.63, 3.8) is 0 Å². The third-order valence-electron chi connectivity index (χ3n) is 3.56. The topological polar surface area (TPSA) is 29.5 Å². The molecule has 0 spiro atoms. The van der Waals surface area contributed by atoms with E-state index in [2.05, 4.69) is 18.0 Å². The first-order valence-corrected chi connectivity index (χ1v) is 5.80. The second-order valence-corrected chi connectivity index (χ2v) is 4.53. The minimum atomic E-state index is -0.111. The van der Waals surface area contributed by atoms with Gasteiger partial charge in [0.1, 0.15) is 5.76 Å². The number of rotatable bonds is 2. The number of carbonyl (C=O) groups excluding carboxylic acids is 1. The van der Waals surface area contributed by atoms with Gasteiger partial charge in [-0.15, -0.1) is 0 Å². The summed E-state index contributed by atoms with van der Waals surface area (Å²) < 4.78 is 5.29. The fourth-order valence-corrected chi connectivity index (χ4v) is 2.56. The third-order valence-corrected chi connectivity index (χ3v) is 3.56.